The van der Waals surface area contributed by atoms with Crippen LogP contribution in [0.15, 0.2) is 30.9 Å². The summed E-state index contributed by atoms with van der Waals surface area (Å²) in [6, 6.07) is 1.82. The third-order valence-corrected chi connectivity index (χ3v) is 2.35. The summed E-state index contributed by atoms with van der Waals surface area (Å²) in [5.41, 5.74) is 0. The summed E-state index contributed by atoms with van der Waals surface area (Å²) >= 11 is 0. The lowest BCUT2D eigenvalue weighted by Gasteiger charge is -2.03. The first kappa shape index (κ1) is 10.8. The Kier molecular flexibility index (Phi) is 3.61. The van der Waals surface area contributed by atoms with E-state index in [2.05, 4.69) is 20.3 Å². The van der Waals surface area contributed by atoms with Gasteiger partial charge in [0.05, 0.1) is 6.54 Å². The van der Waals surface area contributed by atoms with Gasteiger partial charge in [-0.3, -0.25) is 0 Å². The van der Waals surface area contributed by atoms with Crippen molar-refractivity contribution < 1.29 is 0 Å². The number of hydrogen-bond donors (Lipinski definition) is 1. The largest absolute Gasteiger partial charge is 0.338 e. The molecule has 0 fully saturated rings. The number of rotatable bonds is 5. The monoisotopic (exact) mass is 217 g/mol. The lowest BCUT2D eigenvalue weighted by Crippen LogP contribution is -2.19. The normalized spacial score (nSPS) is 10.6. The molecule has 0 unspecified atom stereocenters. The van der Waals surface area contributed by atoms with Crippen molar-refractivity contribution in [2.75, 3.05) is 6.54 Å². The topological polar surface area (TPSA) is 55.6 Å². The summed E-state index contributed by atoms with van der Waals surface area (Å²) in [5, 5.41) is 3.29. The van der Waals surface area contributed by atoms with E-state index in [0.29, 0.717) is 6.54 Å². The predicted molar refractivity (Wildman–Crippen MR) is 60.7 cm³/mol. The highest BCUT2D eigenvalue weighted by Crippen LogP contribution is 1.94. The van der Waals surface area contributed by atoms with Crippen LogP contribution in [0, 0.1) is 0 Å². The van der Waals surface area contributed by atoms with Crippen LogP contribution in [0.4, 0.5) is 0 Å². The molecule has 84 valence electrons. The van der Waals surface area contributed by atoms with E-state index in [1.165, 1.54) is 0 Å². The molecule has 2 aromatic heterocycles. The lowest BCUT2D eigenvalue weighted by molar-refractivity contribution is 0.635. The van der Waals surface area contributed by atoms with Gasteiger partial charge in [0.25, 0.3) is 0 Å². The molecular formula is C11H15N5. The second-order valence-corrected chi connectivity index (χ2v) is 3.55. The maximum atomic E-state index is 4.25. The van der Waals surface area contributed by atoms with Gasteiger partial charge in [-0.1, -0.05) is 0 Å². The third kappa shape index (κ3) is 2.87. The number of imidazole rings is 1. The fourth-order valence-corrected chi connectivity index (χ4v) is 1.46. The predicted octanol–water partition coefficient (Wildman–Crippen LogP) is 0.542. The molecule has 0 radical (unpaired) electrons. The summed E-state index contributed by atoms with van der Waals surface area (Å²) in [5.74, 6) is 1.91. The van der Waals surface area contributed by atoms with E-state index in [1.54, 1.807) is 12.4 Å². The van der Waals surface area contributed by atoms with E-state index in [4.69, 9.17) is 0 Å². The fraction of sp³-hybridized carbons (Fsp3) is 0.364. The molecule has 2 rings (SSSR count). The van der Waals surface area contributed by atoms with Gasteiger partial charge in [-0.2, -0.15) is 0 Å². The third-order valence-electron chi connectivity index (χ3n) is 2.35. The molecule has 16 heavy (non-hydrogen) atoms. The maximum absolute atomic E-state index is 4.25. The van der Waals surface area contributed by atoms with E-state index in [0.717, 1.165) is 24.6 Å². The quantitative estimate of drug-likeness (QED) is 0.743. The van der Waals surface area contributed by atoms with Crippen LogP contribution in [-0.2, 0) is 20.0 Å². The van der Waals surface area contributed by atoms with Crippen LogP contribution in [0.25, 0.3) is 0 Å². The smallest absolute Gasteiger partial charge is 0.141 e. The van der Waals surface area contributed by atoms with Crippen molar-refractivity contribution in [2.45, 2.75) is 13.0 Å². The molecule has 0 saturated heterocycles. The summed E-state index contributed by atoms with van der Waals surface area (Å²) in [6.07, 6.45) is 8.19. The van der Waals surface area contributed by atoms with Crippen molar-refractivity contribution in [2.24, 2.45) is 7.05 Å². The van der Waals surface area contributed by atoms with E-state index >= 15 is 0 Å². The highest BCUT2D eigenvalue weighted by molar-refractivity contribution is 4.92. The minimum Gasteiger partial charge on any atom is -0.338 e. The van der Waals surface area contributed by atoms with Crippen LogP contribution < -0.4 is 5.32 Å². The minimum atomic E-state index is 0.700. The van der Waals surface area contributed by atoms with E-state index < -0.39 is 0 Å². The van der Waals surface area contributed by atoms with Crippen molar-refractivity contribution in [3.8, 4) is 0 Å². The summed E-state index contributed by atoms with van der Waals surface area (Å²) < 4.78 is 2.03. The molecule has 0 aliphatic rings. The van der Waals surface area contributed by atoms with Crippen molar-refractivity contribution >= 4 is 0 Å². The summed E-state index contributed by atoms with van der Waals surface area (Å²) in [6.45, 7) is 1.58. The number of nitrogens with one attached hydrogen (secondary N) is 1. The molecule has 0 atom stereocenters. The molecule has 0 aliphatic carbocycles. The highest BCUT2D eigenvalue weighted by atomic mass is 15.0. The SMILES string of the molecule is Cn1ccnc1CCNCc1ncccn1. The van der Waals surface area contributed by atoms with Crippen molar-refractivity contribution in [3.05, 3.63) is 42.5 Å². The molecule has 1 N–H and O–H groups in total. The van der Waals surface area contributed by atoms with Crippen molar-refractivity contribution in [1.29, 1.82) is 0 Å². The van der Waals surface area contributed by atoms with Gasteiger partial charge in [0.15, 0.2) is 0 Å². The Morgan fingerprint density at radius 3 is 2.69 bits per heavy atom. The van der Waals surface area contributed by atoms with Crippen LogP contribution in [0.5, 0.6) is 0 Å². The number of hydrogen-bond acceptors (Lipinski definition) is 4. The van der Waals surface area contributed by atoms with Crippen LogP contribution in [0.1, 0.15) is 11.6 Å². The molecule has 5 nitrogen and oxygen atoms in total. The molecule has 0 amide bonds. The first-order valence-corrected chi connectivity index (χ1v) is 5.29. The van der Waals surface area contributed by atoms with Gasteiger partial charge in [0, 0.05) is 44.8 Å². The van der Waals surface area contributed by atoms with E-state index in [-0.39, 0.29) is 0 Å². The maximum Gasteiger partial charge on any atom is 0.141 e. The molecule has 2 heterocycles. The van der Waals surface area contributed by atoms with Crippen LogP contribution in [0.2, 0.25) is 0 Å². The standard InChI is InChI=1S/C11H15N5/c1-16-8-7-15-11(16)3-6-12-9-10-13-4-2-5-14-10/h2,4-5,7-8,12H,3,6,9H2,1H3. The molecular weight excluding hydrogens is 202 g/mol. The fourth-order valence-electron chi connectivity index (χ4n) is 1.46. The Morgan fingerprint density at radius 2 is 2.00 bits per heavy atom. The van der Waals surface area contributed by atoms with Crippen molar-refractivity contribution in [1.82, 2.24) is 24.8 Å². The minimum absolute atomic E-state index is 0.700. The van der Waals surface area contributed by atoms with Crippen LogP contribution >= 0.6 is 0 Å². The second-order valence-electron chi connectivity index (χ2n) is 3.55. The van der Waals surface area contributed by atoms with Gasteiger partial charge in [0.2, 0.25) is 0 Å². The Labute approximate surface area is 94.6 Å². The molecule has 5 heteroatoms. The van der Waals surface area contributed by atoms with Crippen molar-refractivity contribution in [3.63, 3.8) is 0 Å². The van der Waals surface area contributed by atoms with Gasteiger partial charge in [-0.05, 0) is 6.07 Å². The van der Waals surface area contributed by atoms with Gasteiger partial charge in [0.1, 0.15) is 11.6 Å². The number of aromatic nitrogens is 4. The lowest BCUT2D eigenvalue weighted by atomic mass is 10.4. The zero-order valence-corrected chi connectivity index (χ0v) is 9.30. The van der Waals surface area contributed by atoms with Gasteiger partial charge < -0.3 is 9.88 Å². The second kappa shape index (κ2) is 5.37. The average Bonchev–Trinajstić information content (AvgIpc) is 2.72. The van der Waals surface area contributed by atoms with E-state index in [9.17, 15) is 0 Å². The Bertz CT molecular complexity index is 423. The Morgan fingerprint density at radius 1 is 1.19 bits per heavy atom. The Balaban J connectivity index is 1.72. The van der Waals surface area contributed by atoms with Gasteiger partial charge in [-0.15, -0.1) is 0 Å². The first-order chi connectivity index (χ1) is 7.86. The Hall–Kier alpha value is -1.75. The molecule has 0 spiro atoms. The molecule has 0 aromatic carbocycles. The first-order valence-electron chi connectivity index (χ1n) is 5.29. The zero-order chi connectivity index (χ0) is 11.2. The zero-order valence-electron chi connectivity index (χ0n) is 9.30. The molecule has 2 aromatic rings. The molecule has 0 bridgehead atoms. The van der Waals surface area contributed by atoms with Crippen LogP contribution in [0.3, 0.4) is 0 Å². The van der Waals surface area contributed by atoms with Crippen LogP contribution in [-0.4, -0.2) is 26.1 Å². The highest BCUT2D eigenvalue weighted by Gasteiger charge is 1.98. The number of nitrogens with zero attached hydrogens (tertiary/aromatic N) is 4. The number of aryl methyl sites for hydroxylation is 1. The summed E-state index contributed by atoms with van der Waals surface area (Å²) in [4.78, 5) is 12.5. The molecule has 0 aliphatic heterocycles. The average molecular weight is 217 g/mol. The molecule has 0 saturated carbocycles. The van der Waals surface area contributed by atoms with E-state index in [1.807, 2.05) is 30.1 Å². The van der Waals surface area contributed by atoms with Gasteiger partial charge in [-0.25, -0.2) is 15.0 Å². The summed E-state index contributed by atoms with van der Waals surface area (Å²) in [7, 11) is 2.00. The van der Waals surface area contributed by atoms with Gasteiger partial charge >= 0.3 is 0 Å².